The number of carbonyl (C=O) groups is 1. The van der Waals surface area contributed by atoms with E-state index in [2.05, 4.69) is 46.3 Å². The quantitative estimate of drug-likeness (QED) is 0.714. The first-order valence-electron chi connectivity index (χ1n) is 10.1. The molecule has 1 amide bonds. The van der Waals surface area contributed by atoms with E-state index in [1.165, 1.54) is 11.1 Å². The number of hydrogen-bond donors (Lipinski definition) is 1. The monoisotopic (exact) mass is 381 g/mol. The lowest BCUT2D eigenvalue weighted by atomic mass is 10.1. The molecule has 1 saturated heterocycles. The first-order valence-corrected chi connectivity index (χ1v) is 10.1. The highest BCUT2D eigenvalue weighted by Gasteiger charge is 2.21. The summed E-state index contributed by atoms with van der Waals surface area (Å²) < 4.78 is 5.02. The number of para-hydroxylation sites is 1. The molecule has 3 rings (SSSR count). The van der Waals surface area contributed by atoms with Crippen LogP contribution in [0, 0.1) is 0 Å². The van der Waals surface area contributed by atoms with E-state index < -0.39 is 0 Å². The Morgan fingerprint density at radius 3 is 2.36 bits per heavy atom. The lowest BCUT2D eigenvalue weighted by Gasteiger charge is -2.37. The smallest absolute Gasteiger partial charge is 0.253 e. The van der Waals surface area contributed by atoms with E-state index in [0.29, 0.717) is 13.2 Å². The van der Waals surface area contributed by atoms with Gasteiger partial charge in [0.05, 0.1) is 12.2 Å². The van der Waals surface area contributed by atoms with Crippen LogP contribution < -0.4 is 10.2 Å². The van der Waals surface area contributed by atoms with Crippen LogP contribution in [0.2, 0.25) is 0 Å². The van der Waals surface area contributed by atoms with Crippen molar-refractivity contribution in [2.75, 3.05) is 51.3 Å². The molecule has 1 heterocycles. The molecule has 1 N–H and O–H groups in total. The Balaban J connectivity index is 1.57. The Morgan fingerprint density at radius 1 is 1.00 bits per heavy atom. The van der Waals surface area contributed by atoms with Crippen molar-refractivity contribution in [1.82, 2.24) is 10.2 Å². The summed E-state index contributed by atoms with van der Waals surface area (Å²) in [6, 6.07) is 16.8. The number of hydrogen-bond acceptors (Lipinski definition) is 4. The summed E-state index contributed by atoms with van der Waals surface area (Å²) in [4.78, 5) is 17.3. The third kappa shape index (κ3) is 5.33. The molecule has 0 bridgehead atoms. The molecule has 0 radical (unpaired) electrons. The van der Waals surface area contributed by atoms with Gasteiger partial charge in [-0.1, -0.05) is 43.3 Å². The lowest BCUT2D eigenvalue weighted by Crippen LogP contribution is -2.46. The molecule has 0 aliphatic carbocycles. The summed E-state index contributed by atoms with van der Waals surface area (Å²) in [5, 5.41) is 2.93. The maximum Gasteiger partial charge on any atom is 0.253 e. The standard InChI is InChI=1S/C23H31N3O2/c1-3-19-8-10-20(11-9-19)18-25-13-15-26(16-14-25)22-7-5-4-6-21(22)23(27)24-12-17-28-2/h4-11H,3,12-18H2,1-2H3,(H,24,27). The summed E-state index contributed by atoms with van der Waals surface area (Å²) in [6.45, 7) is 8.05. The van der Waals surface area contributed by atoms with E-state index >= 15 is 0 Å². The zero-order valence-corrected chi connectivity index (χ0v) is 17.0. The summed E-state index contributed by atoms with van der Waals surface area (Å²) in [7, 11) is 1.64. The number of piperazine rings is 1. The number of amides is 1. The average Bonchev–Trinajstić information content (AvgIpc) is 2.75. The van der Waals surface area contributed by atoms with Crippen LogP contribution >= 0.6 is 0 Å². The van der Waals surface area contributed by atoms with Crippen molar-refractivity contribution < 1.29 is 9.53 Å². The van der Waals surface area contributed by atoms with E-state index in [-0.39, 0.29) is 5.91 Å². The van der Waals surface area contributed by atoms with Gasteiger partial charge < -0.3 is 15.0 Å². The molecule has 0 saturated carbocycles. The molecule has 0 spiro atoms. The molecule has 1 aliphatic heterocycles. The van der Waals surface area contributed by atoms with Crippen molar-refractivity contribution >= 4 is 11.6 Å². The van der Waals surface area contributed by atoms with Gasteiger partial charge in [-0.25, -0.2) is 0 Å². The van der Waals surface area contributed by atoms with E-state index in [1.54, 1.807) is 7.11 Å². The second kappa shape index (κ2) is 10.2. The van der Waals surface area contributed by atoms with Gasteiger partial charge in [0.25, 0.3) is 5.91 Å². The van der Waals surface area contributed by atoms with Crippen LogP contribution in [0.4, 0.5) is 5.69 Å². The van der Waals surface area contributed by atoms with E-state index in [4.69, 9.17) is 4.74 Å². The zero-order chi connectivity index (χ0) is 19.8. The van der Waals surface area contributed by atoms with Crippen LogP contribution in [-0.2, 0) is 17.7 Å². The molecule has 5 nitrogen and oxygen atoms in total. The largest absolute Gasteiger partial charge is 0.383 e. The van der Waals surface area contributed by atoms with Gasteiger partial charge in [0.1, 0.15) is 0 Å². The van der Waals surface area contributed by atoms with Gasteiger partial charge in [-0.05, 0) is 29.7 Å². The zero-order valence-electron chi connectivity index (χ0n) is 17.0. The highest BCUT2D eigenvalue weighted by atomic mass is 16.5. The molecule has 0 atom stereocenters. The van der Waals surface area contributed by atoms with E-state index in [9.17, 15) is 4.79 Å². The Hall–Kier alpha value is -2.37. The highest BCUT2D eigenvalue weighted by Crippen LogP contribution is 2.22. The molecule has 1 aliphatic rings. The lowest BCUT2D eigenvalue weighted by molar-refractivity contribution is 0.0937. The SMILES string of the molecule is CCc1ccc(CN2CCN(c3ccccc3C(=O)NCCOC)CC2)cc1. The number of carbonyl (C=O) groups excluding carboxylic acids is 1. The number of benzene rings is 2. The van der Waals surface area contributed by atoms with E-state index in [0.717, 1.165) is 50.4 Å². The predicted octanol–water partition coefficient (Wildman–Crippen LogP) is 2.95. The predicted molar refractivity (Wildman–Crippen MR) is 114 cm³/mol. The van der Waals surface area contributed by atoms with Crippen molar-refractivity contribution in [2.24, 2.45) is 0 Å². The molecule has 0 unspecified atom stereocenters. The summed E-state index contributed by atoms with van der Waals surface area (Å²) in [5.41, 5.74) is 4.50. The fourth-order valence-electron chi connectivity index (χ4n) is 3.59. The Kier molecular flexibility index (Phi) is 7.46. The van der Waals surface area contributed by atoms with Crippen LogP contribution in [0.1, 0.15) is 28.4 Å². The molecular formula is C23H31N3O2. The van der Waals surface area contributed by atoms with Crippen LogP contribution in [0.25, 0.3) is 0 Å². The molecule has 5 heteroatoms. The van der Waals surface area contributed by atoms with Crippen LogP contribution in [0.3, 0.4) is 0 Å². The Bertz CT molecular complexity index is 753. The van der Waals surface area contributed by atoms with Crippen LogP contribution in [0.15, 0.2) is 48.5 Å². The van der Waals surface area contributed by atoms with Gasteiger partial charge in [0.2, 0.25) is 0 Å². The summed E-state index contributed by atoms with van der Waals surface area (Å²) in [6.07, 6.45) is 1.08. The summed E-state index contributed by atoms with van der Waals surface area (Å²) in [5.74, 6) is -0.0360. The average molecular weight is 382 g/mol. The van der Waals surface area contributed by atoms with Gasteiger partial charge in [0.15, 0.2) is 0 Å². The van der Waals surface area contributed by atoms with E-state index in [1.807, 2.05) is 24.3 Å². The second-order valence-corrected chi connectivity index (χ2v) is 7.20. The number of ether oxygens (including phenoxy) is 1. The number of rotatable bonds is 8. The maximum absolute atomic E-state index is 12.5. The number of aryl methyl sites for hydroxylation is 1. The van der Waals surface area contributed by atoms with Gasteiger partial charge in [0, 0.05) is 52.1 Å². The first-order chi connectivity index (χ1) is 13.7. The first kappa shape index (κ1) is 20.4. The summed E-state index contributed by atoms with van der Waals surface area (Å²) >= 11 is 0. The van der Waals surface area contributed by atoms with Crippen molar-refractivity contribution in [3.8, 4) is 0 Å². The molecular weight excluding hydrogens is 350 g/mol. The Labute approximate surface area is 168 Å². The molecule has 2 aromatic carbocycles. The fourth-order valence-corrected chi connectivity index (χ4v) is 3.59. The third-order valence-corrected chi connectivity index (χ3v) is 5.29. The third-order valence-electron chi connectivity index (χ3n) is 5.29. The van der Waals surface area contributed by atoms with Gasteiger partial charge in [-0.15, -0.1) is 0 Å². The van der Waals surface area contributed by atoms with Crippen LogP contribution in [-0.4, -0.2) is 57.2 Å². The molecule has 28 heavy (non-hydrogen) atoms. The fraction of sp³-hybridized carbons (Fsp3) is 0.435. The normalized spacial score (nSPS) is 14.9. The van der Waals surface area contributed by atoms with Crippen molar-refractivity contribution in [3.05, 3.63) is 65.2 Å². The maximum atomic E-state index is 12.5. The van der Waals surface area contributed by atoms with Crippen molar-refractivity contribution in [2.45, 2.75) is 19.9 Å². The Morgan fingerprint density at radius 2 is 1.68 bits per heavy atom. The van der Waals surface area contributed by atoms with Gasteiger partial charge in [-0.2, -0.15) is 0 Å². The minimum Gasteiger partial charge on any atom is -0.383 e. The highest BCUT2D eigenvalue weighted by molar-refractivity contribution is 5.99. The molecule has 2 aromatic rings. The number of nitrogens with one attached hydrogen (secondary N) is 1. The number of nitrogens with zero attached hydrogens (tertiary/aromatic N) is 2. The second-order valence-electron chi connectivity index (χ2n) is 7.20. The van der Waals surface area contributed by atoms with Crippen molar-refractivity contribution in [3.63, 3.8) is 0 Å². The van der Waals surface area contributed by atoms with Crippen molar-refractivity contribution in [1.29, 1.82) is 0 Å². The molecule has 1 fully saturated rings. The molecule has 150 valence electrons. The van der Waals surface area contributed by atoms with Gasteiger partial charge >= 0.3 is 0 Å². The minimum absolute atomic E-state index is 0.0360. The topological polar surface area (TPSA) is 44.8 Å². The minimum atomic E-state index is -0.0360. The number of anilines is 1. The van der Waals surface area contributed by atoms with Gasteiger partial charge in [-0.3, -0.25) is 9.69 Å². The number of methoxy groups -OCH3 is 1. The molecule has 0 aromatic heterocycles. The van der Waals surface area contributed by atoms with Crippen LogP contribution in [0.5, 0.6) is 0 Å².